The van der Waals surface area contributed by atoms with Crippen LogP contribution in [0.4, 0.5) is 0 Å². The summed E-state index contributed by atoms with van der Waals surface area (Å²) in [6, 6.07) is 10.5. The van der Waals surface area contributed by atoms with Gasteiger partial charge < -0.3 is 15.0 Å². The molecule has 0 aliphatic carbocycles. The number of hydrogen-bond donors (Lipinski definition) is 2. The predicted octanol–water partition coefficient (Wildman–Crippen LogP) is 0.933. The van der Waals surface area contributed by atoms with E-state index in [9.17, 15) is 14.7 Å². The van der Waals surface area contributed by atoms with Crippen LogP contribution >= 0.6 is 0 Å². The number of aliphatic hydroxyl groups is 1. The number of fused-ring (bicyclic) bond motifs is 3. The van der Waals surface area contributed by atoms with Gasteiger partial charge in [-0.15, -0.1) is 0 Å². The van der Waals surface area contributed by atoms with Crippen molar-refractivity contribution in [1.82, 2.24) is 19.8 Å². The van der Waals surface area contributed by atoms with Crippen LogP contribution in [0.2, 0.25) is 0 Å². The summed E-state index contributed by atoms with van der Waals surface area (Å²) in [6.45, 7) is 3.55. The first-order chi connectivity index (χ1) is 13.7. The van der Waals surface area contributed by atoms with Crippen molar-refractivity contribution in [2.45, 2.75) is 38.5 Å². The zero-order chi connectivity index (χ0) is 19.7. The van der Waals surface area contributed by atoms with E-state index in [0.29, 0.717) is 19.6 Å². The van der Waals surface area contributed by atoms with Gasteiger partial charge >= 0.3 is 0 Å². The van der Waals surface area contributed by atoms with Gasteiger partial charge in [-0.3, -0.25) is 19.5 Å². The molecule has 4 heterocycles. The van der Waals surface area contributed by atoms with E-state index in [-0.39, 0.29) is 36.0 Å². The van der Waals surface area contributed by atoms with Crippen molar-refractivity contribution in [3.8, 4) is 0 Å². The number of pyridine rings is 2. The summed E-state index contributed by atoms with van der Waals surface area (Å²) >= 11 is 0. The van der Waals surface area contributed by atoms with Crippen LogP contribution in [0, 0.1) is 11.8 Å². The van der Waals surface area contributed by atoms with Crippen LogP contribution in [0.3, 0.4) is 0 Å². The van der Waals surface area contributed by atoms with Gasteiger partial charge in [0.2, 0.25) is 5.91 Å². The molecule has 0 saturated carbocycles. The van der Waals surface area contributed by atoms with Gasteiger partial charge in [0.25, 0.3) is 5.56 Å². The van der Waals surface area contributed by atoms with Crippen LogP contribution in [0.1, 0.15) is 30.8 Å². The summed E-state index contributed by atoms with van der Waals surface area (Å²) in [5.41, 5.74) is 1.75. The van der Waals surface area contributed by atoms with Crippen molar-refractivity contribution < 1.29 is 9.90 Å². The number of nitrogens with zero attached hydrogens (tertiary/aromatic N) is 3. The molecule has 2 aromatic rings. The molecule has 148 valence electrons. The fraction of sp³-hybridized carbons (Fsp3) is 0.476. The average molecular weight is 382 g/mol. The standard InChI is InChI=1S/C21H26N4O3/c1-2-9-23-21(28)20-16(13-26)15-12-24-17(7-5-8-18(24)27)19(15)25(20)11-14-6-3-4-10-22-14/h3-8,10,15-16,19-20,26H,2,9,11-13H2,1H3,(H,23,28)/t15-,16-,19+,20-/m1/s1. The maximum atomic E-state index is 13.0. The minimum Gasteiger partial charge on any atom is -0.396 e. The largest absolute Gasteiger partial charge is 0.396 e. The van der Waals surface area contributed by atoms with Gasteiger partial charge in [0.05, 0.1) is 17.8 Å². The number of carbonyl (C=O) groups is 1. The summed E-state index contributed by atoms with van der Waals surface area (Å²) < 4.78 is 1.78. The van der Waals surface area contributed by atoms with Crippen molar-refractivity contribution in [3.05, 3.63) is 64.3 Å². The van der Waals surface area contributed by atoms with Gasteiger partial charge in [0.15, 0.2) is 0 Å². The molecule has 4 rings (SSSR count). The van der Waals surface area contributed by atoms with Crippen molar-refractivity contribution in [3.63, 3.8) is 0 Å². The molecule has 1 saturated heterocycles. The van der Waals surface area contributed by atoms with Gasteiger partial charge in [0.1, 0.15) is 0 Å². The quantitative estimate of drug-likeness (QED) is 0.776. The van der Waals surface area contributed by atoms with Gasteiger partial charge in [-0.1, -0.05) is 19.1 Å². The first kappa shape index (κ1) is 18.8. The fourth-order valence-electron chi connectivity index (χ4n) is 4.77. The van der Waals surface area contributed by atoms with Gasteiger partial charge in [0, 0.05) is 56.0 Å². The normalized spacial score (nSPS) is 26.1. The van der Waals surface area contributed by atoms with Crippen LogP contribution in [-0.4, -0.2) is 44.7 Å². The Labute approximate surface area is 164 Å². The number of nitrogens with one attached hydrogen (secondary N) is 1. The lowest BCUT2D eigenvalue weighted by Gasteiger charge is -2.30. The third-order valence-electron chi connectivity index (χ3n) is 5.95. The second-order valence-corrected chi connectivity index (χ2v) is 7.58. The summed E-state index contributed by atoms with van der Waals surface area (Å²) in [6.07, 6.45) is 2.60. The smallest absolute Gasteiger partial charge is 0.250 e. The van der Waals surface area contributed by atoms with Crippen LogP contribution in [0.15, 0.2) is 47.4 Å². The number of rotatable bonds is 6. The Balaban J connectivity index is 1.75. The van der Waals surface area contributed by atoms with Crippen molar-refractivity contribution in [1.29, 1.82) is 0 Å². The summed E-state index contributed by atoms with van der Waals surface area (Å²) in [5, 5.41) is 13.2. The maximum Gasteiger partial charge on any atom is 0.250 e. The zero-order valence-electron chi connectivity index (χ0n) is 16.0. The molecule has 28 heavy (non-hydrogen) atoms. The minimum atomic E-state index is -0.447. The van der Waals surface area contributed by atoms with Crippen molar-refractivity contribution in [2.75, 3.05) is 13.2 Å². The molecule has 0 aromatic carbocycles. The molecule has 2 aliphatic rings. The maximum absolute atomic E-state index is 13.0. The zero-order valence-corrected chi connectivity index (χ0v) is 16.0. The van der Waals surface area contributed by atoms with Crippen LogP contribution in [0.5, 0.6) is 0 Å². The van der Waals surface area contributed by atoms with E-state index in [4.69, 9.17) is 0 Å². The molecular formula is C21H26N4O3. The van der Waals surface area contributed by atoms with Gasteiger partial charge in [-0.2, -0.15) is 0 Å². The monoisotopic (exact) mass is 382 g/mol. The second kappa shape index (κ2) is 7.85. The Kier molecular flexibility index (Phi) is 5.28. The number of amides is 1. The average Bonchev–Trinajstić information content (AvgIpc) is 3.23. The van der Waals surface area contributed by atoms with E-state index in [1.165, 1.54) is 0 Å². The Morgan fingerprint density at radius 2 is 2.14 bits per heavy atom. The Bertz CT molecular complexity index is 898. The molecule has 7 nitrogen and oxygen atoms in total. The van der Waals surface area contributed by atoms with Crippen molar-refractivity contribution >= 4 is 5.91 Å². The summed E-state index contributed by atoms with van der Waals surface area (Å²) in [7, 11) is 0. The van der Waals surface area contributed by atoms with E-state index in [0.717, 1.165) is 17.8 Å². The van der Waals surface area contributed by atoms with E-state index < -0.39 is 6.04 Å². The topological polar surface area (TPSA) is 87.5 Å². The van der Waals surface area contributed by atoms with Crippen LogP contribution in [0.25, 0.3) is 0 Å². The second-order valence-electron chi connectivity index (χ2n) is 7.58. The summed E-state index contributed by atoms with van der Waals surface area (Å²) in [4.78, 5) is 31.9. The summed E-state index contributed by atoms with van der Waals surface area (Å²) in [5.74, 6) is -0.276. The lowest BCUT2D eigenvalue weighted by molar-refractivity contribution is -0.128. The van der Waals surface area contributed by atoms with E-state index in [1.54, 1.807) is 22.9 Å². The molecule has 2 aromatic heterocycles. The van der Waals surface area contributed by atoms with Gasteiger partial charge in [-0.25, -0.2) is 0 Å². The molecular weight excluding hydrogens is 356 g/mol. The molecule has 4 atom stereocenters. The lowest BCUT2D eigenvalue weighted by Crippen LogP contribution is -2.48. The van der Waals surface area contributed by atoms with E-state index in [2.05, 4.69) is 15.2 Å². The molecule has 0 unspecified atom stereocenters. The fourth-order valence-corrected chi connectivity index (χ4v) is 4.77. The highest BCUT2D eigenvalue weighted by molar-refractivity contribution is 5.82. The van der Waals surface area contributed by atoms with E-state index in [1.807, 2.05) is 31.2 Å². The highest BCUT2D eigenvalue weighted by Gasteiger charge is 2.55. The highest BCUT2D eigenvalue weighted by atomic mass is 16.3. The minimum absolute atomic E-state index is 0.0150. The van der Waals surface area contributed by atoms with Crippen LogP contribution < -0.4 is 10.9 Å². The predicted molar refractivity (Wildman–Crippen MR) is 104 cm³/mol. The number of aromatic nitrogens is 2. The number of hydrogen-bond acceptors (Lipinski definition) is 5. The number of aliphatic hydroxyl groups excluding tert-OH is 1. The van der Waals surface area contributed by atoms with E-state index >= 15 is 0 Å². The molecule has 0 bridgehead atoms. The Hall–Kier alpha value is -2.51. The first-order valence-electron chi connectivity index (χ1n) is 9.89. The Morgan fingerprint density at radius 1 is 1.29 bits per heavy atom. The molecule has 2 N–H and O–H groups in total. The Morgan fingerprint density at radius 3 is 2.86 bits per heavy atom. The molecule has 0 spiro atoms. The highest BCUT2D eigenvalue weighted by Crippen LogP contribution is 2.49. The molecule has 1 fully saturated rings. The van der Waals surface area contributed by atoms with Gasteiger partial charge in [-0.05, 0) is 24.6 Å². The number of likely N-dealkylation sites (tertiary alicyclic amines) is 1. The third kappa shape index (κ3) is 3.14. The molecule has 1 amide bonds. The molecule has 7 heteroatoms. The molecule has 0 radical (unpaired) electrons. The van der Waals surface area contributed by atoms with Crippen molar-refractivity contribution in [2.24, 2.45) is 11.8 Å². The van der Waals surface area contributed by atoms with Crippen LogP contribution in [-0.2, 0) is 17.9 Å². The molecule has 2 aliphatic heterocycles. The number of carbonyl (C=O) groups excluding carboxylic acids is 1. The lowest BCUT2D eigenvalue weighted by atomic mass is 9.88. The third-order valence-corrected chi connectivity index (χ3v) is 5.95. The SMILES string of the molecule is CCCNC(=O)[C@H]1[C@H](CO)[C@H]2Cn3c(cccc3=O)[C@H]2N1Cc1ccccn1. The first-order valence-corrected chi connectivity index (χ1v) is 9.89.